The maximum atomic E-state index is 14.4. The predicted molar refractivity (Wildman–Crippen MR) is 96.0 cm³/mol. The number of carbonyl (C=O) groups excluding carboxylic acids is 1. The van der Waals surface area contributed by atoms with E-state index in [1.165, 1.54) is 18.1 Å². The van der Waals surface area contributed by atoms with Gasteiger partial charge in [-0.25, -0.2) is 13.2 Å². The van der Waals surface area contributed by atoms with Crippen molar-refractivity contribution in [3.63, 3.8) is 0 Å². The zero-order valence-electron chi connectivity index (χ0n) is 16.4. The quantitative estimate of drug-likeness (QED) is 0.703. The molecule has 3 rings (SSSR count). The molecule has 2 aliphatic rings. The molecular formula is C19H26F3N3O3. The van der Waals surface area contributed by atoms with Crippen LogP contribution >= 0.6 is 0 Å². The molecule has 0 radical (unpaired) electrons. The lowest BCUT2D eigenvalue weighted by atomic mass is 9.82. The Balaban J connectivity index is 1.64. The number of aromatic nitrogens is 1. The highest BCUT2D eigenvalue weighted by molar-refractivity contribution is 5.82. The van der Waals surface area contributed by atoms with Crippen LogP contribution in [0.4, 0.5) is 13.2 Å². The average molecular weight is 401 g/mol. The van der Waals surface area contributed by atoms with Crippen molar-refractivity contribution < 1.29 is 27.4 Å². The topological polar surface area (TPSA) is 54.9 Å². The van der Waals surface area contributed by atoms with Crippen molar-refractivity contribution in [2.24, 2.45) is 5.92 Å². The normalized spacial score (nSPS) is 22.0. The van der Waals surface area contributed by atoms with E-state index in [4.69, 9.17) is 9.47 Å². The number of hydrogen-bond donors (Lipinski definition) is 0. The van der Waals surface area contributed by atoms with Gasteiger partial charge >= 0.3 is 0 Å². The van der Waals surface area contributed by atoms with E-state index >= 15 is 0 Å². The minimum absolute atomic E-state index is 0.0194. The van der Waals surface area contributed by atoms with E-state index in [0.717, 1.165) is 19.4 Å². The van der Waals surface area contributed by atoms with E-state index in [-0.39, 0.29) is 55.6 Å². The van der Waals surface area contributed by atoms with Crippen LogP contribution in [0.3, 0.4) is 0 Å². The number of amides is 1. The maximum absolute atomic E-state index is 14.4. The molecule has 1 aromatic rings. The summed E-state index contributed by atoms with van der Waals surface area (Å²) in [5, 5.41) is 0. The first kappa shape index (κ1) is 20.7. The molecule has 2 heterocycles. The molecule has 0 N–H and O–H groups in total. The second kappa shape index (κ2) is 8.14. The molecule has 1 aliphatic heterocycles. The van der Waals surface area contributed by atoms with Crippen LogP contribution in [0.25, 0.3) is 0 Å². The third kappa shape index (κ3) is 4.51. The number of ether oxygens (including phenoxy) is 2. The van der Waals surface area contributed by atoms with Crippen LogP contribution in [0.1, 0.15) is 31.2 Å². The lowest BCUT2D eigenvalue weighted by Gasteiger charge is -2.34. The van der Waals surface area contributed by atoms with Gasteiger partial charge in [0.25, 0.3) is 5.88 Å². The number of rotatable bonds is 7. The van der Waals surface area contributed by atoms with Gasteiger partial charge in [0.1, 0.15) is 0 Å². The number of carbonyl (C=O) groups is 1. The van der Waals surface area contributed by atoms with Crippen molar-refractivity contribution in [3.05, 3.63) is 17.4 Å². The minimum atomic E-state index is -2.65. The summed E-state index contributed by atoms with van der Waals surface area (Å²) < 4.78 is 50.7. The summed E-state index contributed by atoms with van der Waals surface area (Å²) >= 11 is 0. The molecule has 2 fully saturated rings. The first-order chi connectivity index (χ1) is 13.2. The SMILES string of the molecule is COc1nc(OCC2CC(F)(F)C2)c(F)cc1CN(C)C(=O)C1CCCN1C. The predicted octanol–water partition coefficient (Wildman–Crippen LogP) is 2.71. The van der Waals surface area contributed by atoms with Crippen molar-refractivity contribution in [2.45, 2.75) is 44.2 Å². The Morgan fingerprint density at radius 3 is 2.68 bits per heavy atom. The number of hydrogen-bond acceptors (Lipinski definition) is 5. The number of likely N-dealkylation sites (tertiary alicyclic amines) is 1. The number of alkyl halides is 2. The van der Waals surface area contributed by atoms with Crippen LogP contribution in [0.2, 0.25) is 0 Å². The van der Waals surface area contributed by atoms with Crippen LogP contribution in [0.5, 0.6) is 11.8 Å². The summed E-state index contributed by atoms with van der Waals surface area (Å²) in [4.78, 5) is 20.2. The lowest BCUT2D eigenvalue weighted by Crippen LogP contribution is -2.42. The van der Waals surface area contributed by atoms with Crippen LogP contribution in [0, 0.1) is 11.7 Å². The lowest BCUT2D eigenvalue weighted by molar-refractivity contribution is -0.134. The number of halogens is 3. The number of methoxy groups -OCH3 is 1. The van der Waals surface area contributed by atoms with Gasteiger partial charge in [-0.15, -0.1) is 0 Å². The molecule has 1 saturated carbocycles. The van der Waals surface area contributed by atoms with Crippen LogP contribution < -0.4 is 9.47 Å². The van der Waals surface area contributed by atoms with E-state index in [0.29, 0.717) is 5.56 Å². The number of likely N-dealkylation sites (N-methyl/N-ethyl adjacent to an activating group) is 2. The van der Waals surface area contributed by atoms with Crippen LogP contribution in [-0.2, 0) is 11.3 Å². The summed E-state index contributed by atoms with van der Waals surface area (Å²) in [6.45, 7) is 1.00. The van der Waals surface area contributed by atoms with E-state index in [2.05, 4.69) is 4.98 Å². The zero-order chi connectivity index (χ0) is 20.5. The number of pyridine rings is 1. The molecule has 9 heteroatoms. The minimum Gasteiger partial charge on any atom is -0.481 e. The van der Waals surface area contributed by atoms with Gasteiger partial charge in [-0.3, -0.25) is 9.69 Å². The highest BCUT2D eigenvalue weighted by Gasteiger charge is 2.45. The summed E-state index contributed by atoms with van der Waals surface area (Å²) in [6.07, 6.45) is 1.26. The van der Waals surface area contributed by atoms with Gasteiger partial charge < -0.3 is 14.4 Å². The molecule has 1 amide bonds. The Kier molecular flexibility index (Phi) is 6.02. The fourth-order valence-electron chi connectivity index (χ4n) is 3.79. The summed E-state index contributed by atoms with van der Waals surface area (Å²) in [5.41, 5.74) is 0.416. The average Bonchev–Trinajstić information content (AvgIpc) is 3.04. The molecule has 6 nitrogen and oxygen atoms in total. The summed E-state index contributed by atoms with van der Waals surface area (Å²) in [7, 11) is 4.97. The van der Waals surface area contributed by atoms with Gasteiger partial charge in [-0.05, 0) is 32.5 Å². The Hall–Kier alpha value is -2.03. The van der Waals surface area contributed by atoms with Crippen LogP contribution in [-0.4, -0.2) is 67.0 Å². The van der Waals surface area contributed by atoms with E-state index < -0.39 is 11.7 Å². The van der Waals surface area contributed by atoms with Crippen molar-refractivity contribution >= 4 is 5.91 Å². The van der Waals surface area contributed by atoms with Gasteiger partial charge in [0.05, 0.1) is 26.3 Å². The van der Waals surface area contributed by atoms with Gasteiger partial charge in [0, 0.05) is 31.4 Å². The third-order valence-electron chi connectivity index (χ3n) is 5.40. The summed E-state index contributed by atoms with van der Waals surface area (Å²) in [5.74, 6) is -3.83. The molecule has 1 unspecified atom stereocenters. The van der Waals surface area contributed by atoms with Gasteiger partial charge in [0.15, 0.2) is 5.82 Å². The summed E-state index contributed by atoms with van der Waals surface area (Å²) in [6, 6.07) is 1.05. The third-order valence-corrected chi connectivity index (χ3v) is 5.40. The van der Waals surface area contributed by atoms with Crippen molar-refractivity contribution in [1.29, 1.82) is 0 Å². The van der Waals surface area contributed by atoms with Crippen LogP contribution in [0.15, 0.2) is 6.07 Å². The first-order valence-electron chi connectivity index (χ1n) is 9.39. The molecule has 0 bridgehead atoms. The van der Waals surface area contributed by atoms with Gasteiger partial charge in [0.2, 0.25) is 17.7 Å². The fourth-order valence-corrected chi connectivity index (χ4v) is 3.79. The Bertz CT molecular complexity index is 724. The highest BCUT2D eigenvalue weighted by Crippen LogP contribution is 2.42. The van der Waals surface area contributed by atoms with E-state index in [9.17, 15) is 18.0 Å². The maximum Gasteiger partial charge on any atom is 0.253 e. The van der Waals surface area contributed by atoms with Crippen molar-refractivity contribution in [2.75, 3.05) is 34.4 Å². The van der Waals surface area contributed by atoms with E-state index in [1.807, 2.05) is 11.9 Å². The standard InChI is InChI=1S/C19H26F3N3O3/c1-24-6-4-5-15(24)18(26)25(2)10-13-7-14(20)17(23-16(13)27-3)28-11-12-8-19(21,22)9-12/h7,12,15H,4-6,8-11H2,1-3H3. The number of nitrogens with zero attached hydrogens (tertiary/aromatic N) is 3. The molecular weight excluding hydrogens is 375 g/mol. The highest BCUT2D eigenvalue weighted by atomic mass is 19.3. The second-order valence-corrected chi connectivity index (χ2v) is 7.72. The largest absolute Gasteiger partial charge is 0.481 e. The molecule has 1 saturated heterocycles. The Labute approximate surface area is 162 Å². The van der Waals surface area contributed by atoms with Crippen molar-refractivity contribution in [1.82, 2.24) is 14.8 Å². The second-order valence-electron chi connectivity index (χ2n) is 7.72. The van der Waals surface area contributed by atoms with Gasteiger partial charge in [-0.2, -0.15) is 4.98 Å². The molecule has 156 valence electrons. The molecule has 28 heavy (non-hydrogen) atoms. The smallest absolute Gasteiger partial charge is 0.253 e. The van der Waals surface area contributed by atoms with Crippen molar-refractivity contribution in [3.8, 4) is 11.8 Å². The molecule has 1 aromatic heterocycles. The zero-order valence-corrected chi connectivity index (χ0v) is 16.4. The van der Waals surface area contributed by atoms with Gasteiger partial charge in [-0.1, -0.05) is 0 Å². The fraction of sp³-hybridized carbons (Fsp3) is 0.684. The molecule has 0 spiro atoms. The Morgan fingerprint density at radius 2 is 2.11 bits per heavy atom. The first-order valence-corrected chi connectivity index (χ1v) is 9.39. The molecule has 1 atom stereocenters. The van der Waals surface area contributed by atoms with E-state index in [1.54, 1.807) is 7.05 Å². The molecule has 0 aromatic carbocycles. The molecule has 1 aliphatic carbocycles. The Morgan fingerprint density at radius 1 is 1.39 bits per heavy atom. The monoisotopic (exact) mass is 401 g/mol.